The van der Waals surface area contributed by atoms with Gasteiger partial charge in [0.15, 0.2) is 10.8 Å². The summed E-state index contributed by atoms with van der Waals surface area (Å²) in [6.07, 6.45) is 0. The van der Waals surface area contributed by atoms with Crippen molar-refractivity contribution in [2.75, 3.05) is 0 Å². The molecule has 1 atom stereocenters. The number of aryl methyl sites for hydroxylation is 1. The number of nitrogens with zero attached hydrogens (tertiary/aromatic N) is 1. The fourth-order valence-corrected chi connectivity index (χ4v) is 3.41. The highest BCUT2D eigenvalue weighted by atomic mass is 32.1. The van der Waals surface area contributed by atoms with Gasteiger partial charge >= 0.3 is 0 Å². The van der Waals surface area contributed by atoms with Crippen molar-refractivity contribution in [3.63, 3.8) is 0 Å². The lowest BCUT2D eigenvalue weighted by Crippen LogP contribution is -2.26. The molecule has 0 aliphatic carbocycles. The van der Waals surface area contributed by atoms with E-state index in [0.29, 0.717) is 11.5 Å². The maximum atomic E-state index is 12.2. The third kappa shape index (κ3) is 3.06. The van der Waals surface area contributed by atoms with Gasteiger partial charge < -0.3 is 9.73 Å². The molecule has 0 fully saturated rings. The predicted molar refractivity (Wildman–Crippen MR) is 84.8 cm³/mol. The van der Waals surface area contributed by atoms with Gasteiger partial charge in [0.1, 0.15) is 11.5 Å². The fourth-order valence-electron chi connectivity index (χ4n) is 1.92. The van der Waals surface area contributed by atoms with Crippen molar-refractivity contribution in [3.05, 3.63) is 51.4 Å². The van der Waals surface area contributed by atoms with E-state index in [0.717, 1.165) is 15.6 Å². The lowest BCUT2D eigenvalue weighted by atomic mass is 10.2. The second-order valence-electron chi connectivity index (χ2n) is 4.66. The van der Waals surface area contributed by atoms with Crippen molar-refractivity contribution in [2.45, 2.75) is 19.9 Å². The monoisotopic (exact) mass is 318 g/mol. The molecule has 3 aromatic heterocycles. The second-order valence-corrected chi connectivity index (χ2v) is 6.50. The number of nitrogens with one attached hydrogen (secondary N) is 1. The largest absolute Gasteiger partial charge is 0.459 e. The minimum atomic E-state index is -0.165. The van der Waals surface area contributed by atoms with Gasteiger partial charge in [0.05, 0.1) is 6.04 Å². The molecule has 0 aromatic carbocycles. The number of thiazole rings is 1. The molecule has 0 bridgehead atoms. The second kappa shape index (κ2) is 5.83. The van der Waals surface area contributed by atoms with Gasteiger partial charge in [-0.2, -0.15) is 0 Å². The van der Waals surface area contributed by atoms with Crippen LogP contribution < -0.4 is 5.32 Å². The van der Waals surface area contributed by atoms with Crippen LogP contribution in [0, 0.1) is 6.92 Å². The molecular weight excluding hydrogens is 304 g/mol. The van der Waals surface area contributed by atoms with E-state index in [4.69, 9.17) is 4.42 Å². The summed E-state index contributed by atoms with van der Waals surface area (Å²) in [4.78, 5) is 17.7. The van der Waals surface area contributed by atoms with Gasteiger partial charge in [-0.1, -0.05) is 6.07 Å². The topological polar surface area (TPSA) is 55.1 Å². The quantitative estimate of drug-likeness (QED) is 0.782. The molecule has 0 saturated heterocycles. The molecule has 3 aromatic rings. The van der Waals surface area contributed by atoms with Crippen molar-refractivity contribution >= 4 is 28.6 Å². The first-order chi connectivity index (χ1) is 10.1. The fraction of sp³-hybridized carbons (Fsp3) is 0.200. The Labute approximate surface area is 130 Å². The molecule has 1 unspecified atom stereocenters. The number of aromatic nitrogens is 1. The molecule has 1 N–H and O–H groups in total. The molecule has 0 saturated carbocycles. The average Bonchev–Trinajstić information content (AvgIpc) is 3.19. The van der Waals surface area contributed by atoms with Crippen LogP contribution in [0.4, 0.5) is 0 Å². The van der Waals surface area contributed by atoms with Crippen LogP contribution in [-0.4, -0.2) is 10.9 Å². The zero-order chi connectivity index (χ0) is 14.8. The summed E-state index contributed by atoms with van der Waals surface area (Å²) in [5.41, 5.74) is 0.424. The summed E-state index contributed by atoms with van der Waals surface area (Å²) in [6.45, 7) is 3.85. The van der Waals surface area contributed by atoms with Crippen molar-refractivity contribution in [3.8, 4) is 10.8 Å². The Kier molecular flexibility index (Phi) is 3.90. The first-order valence-electron chi connectivity index (χ1n) is 6.50. The lowest BCUT2D eigenvalue weighted by molar-refractivity contribution is 0.0936. The van der Waals surface area contributed by atoms with Crippen LogP contribution in [0.15, 0.2) is 39.4 Å². The van der Waals surface area contributed by atoms with Crippen molar-refractivity contribution in [1.82, 2.24) is 10.3 Å². The number of furan rings is 1. The Hall–Kier alpha value is -1.92. The maximum absolute atomic E-state index is 12.2. The van der Waals surface area contributed by atoms with Crippen LogP contribution in [0.25, 0.3) is 10.8 Å². The van der Waals surface area contributed by atoms with Crippen molar-refractivity contribution in [2.24, 2.45) is 0 Å². The van der Waals surface area contributed by atoms with Crippen LogP contribution in [0.2, 0.25) is 0 Å². The molecule has 1 amide bonds. The molecule has 0 spiro atoms. The zero-order valence-corrected chi connectivity index (χ0v) is 13.3. The van der Waals surface area contributed by atoms with Crippen LogP contribution in [0.3, 0.4) is 0 Å². The number of carbonyl (C=O) groups excluding carboxylic acids is 1. The first-order valence-corrected chi connectivity index (χ1v) is 8.26. The SMILES string of the molecule is Cc1ccc(-c2nc(C(=O)NC(C)c3cccs3)cs2)o1. The van der Waals surface area contributed by atoms with Gasteiger partial charge in [-0.3, -0.25) is 4.79 Å². The van der Waals surface area contributed by atoms with Crippen LogP contribution in [0.1, 0.15) is 34.1 Å². The number of hydrogen-bond donors (Lipinski definition) is 1. The lowest BCUT2D eigenvalue weighted by Gasteiger charge is -2.10. The third-order valence-corrected chi connectivity index (χ3v) is 4.92. The summed E-state index contributed by atoms with van der Waals surface area (Å²) in [5, 5.41) is 7.42. The van der Waals surface area contributed by atoms with Gasteiger partial charge in [-0.05, 0) is 37.4 Å². The van der Waals surface area contributed by atoms with E-state index in [9.17, 15) is 4.79 Å². The molecule has 4 nitrogen and oxygen atoms in total. The van der Waals surface area contributed by atoms with Crippen LogP contribution in [0.5, 0.6) is 0 Å². The Bertz CT molecular complexity index is 743. The van der Waals surface area contributed by atoms with E-state index in [-0.39, 0.29) is 11.9 Å². The molecule has 108 valence electrons. The number of thiophene rings is 1. The van der Waals surface area contributed by atoms with E-state index in [1.807, 2.05) is 43.5 Å². The van der Waals surface area contributed by atoms with Gasteiger partial charge in [0, 0.05) is 10.3 Å². The predicted octanol–water partition coefficient (Wildman–Crippen LogP) is 4.26. The van der Waals surface area contributed by atoms with Gasteiger partial charge in [-0.15, -0.1) is 22.7 Å². The number of amides is 1. The highest BCUT2D eigenvalue weighted by molar-refractivity contribution is 7.13. The Balaban J connectivity index is 1.72. The standard InChI is InChI=1S/C15H14N2O2S2/c1-9-5-6-12(19-9)15-17-11(8-21-15)14(18)16-10(2)13-4-3-7-20-13/h3-8,10H,1-2H3,(H,16,18). The van der Waals surface area contributed by atoms with Gasteiger partial charge in [0.25, 0.3) is 5.91 Å². The number of carbonyl (C=O) groups is 1. The molecule has 3 heterocycles. The summed E-state index contributed by atoms with van der Waals surface area (Å²) in [6, 6.07) is 7.71. The van der Waals surface area contributed by atoms with E-state index in [1.54, 1.807) is 16.7 Å². The smallest absolute Gasteiger partial charge is 0.271 e. The highest BCUT2D eigenvalue weighted by Gasteiger charge is 2.16. The summed E-state index contributed by atoms with van der Waals surface area (Å²) in [7, 11) is 0. The van der Waals surface area contributed by atoms with Gasteiger partial charge in [-0.25, -0.2) is 4.98 Å². The summed E-state index contributed by atoms with van der Waals surface area (Å²) in [5.74, 6) is 1.36. The Morgan fingerprint density at radius 3 is 2.86 bits per heavy atom. The Morgan fingerprint density at radius 1 is 1.33 bits per heavy atom. The van der Waals surface area contributed by atoms with E-state index >= 15 is 0 Å². The molecular formula is C15H14N2O2S2. The normalized spacial score (nSPS) is 12.3. The average molecular weight is 318 g/mol. The van der Waals surface area contributed by atoms with Crippen molar-refractivity contribution in [1.29, 1.82) is 0 Å². The Morgan fingerprint density at radius 2 is 2.19 bits per heavy atom. The van der Waals surface area contributed by atoms with Crippen molar-refractivity contribution < 1.29 is 9.21 Å². The van der Waals surface area contributed by atoms with Gasteiger partial charge in [0.2, 0.25) is 0 Å². The summed E-state index contributed by atoms with van der Waals surface area (Å²) < 4.78 is 5.52. The molecule has 0 aliphatic heterocycles. The van der Waals surface area contributed by atoms with E-state index < -0.39 is 0 Å². The first kappa shape index (κ1) is 14.0. The molecule has 21 heavy (non-hydrogen) atoms. The zero-order valence-electron chi connectivity index (χ0n) is 11.6. The molecule has 0 radical (unpaired) electrons. The minimum Gasteiger partial charge on any atom is -0.459 e. The third-order valence-electron chi connectivity index (χ3n) is 3.01. The van der Waals surface area contributed by atoms with Crippen LogP contribution in [-0.2, 0) is 0 Å². The molecule has 0 aliphatic rings. The maximum Gasteiger partial charge on any atom is 0.271 e. The summed E-state index contributed by atoms with van der Waals surface area (Å²) >= 11 is 3.03. The van der Waals surface area contributed by atoms with E-state index in [2.05, 4.69) is 10.3 Å². The minimum absolute atomic E-state index is 0.0199. The van der Waals surface area contributed by atoms with E-state index in [1.165, 1.54) is 11.3 Å². The number of rotatable bonds is 4. The molecule has 3 rings (SSSR count). The molecule has 6 heteroatoms. The highest BCUT2D eigenvalue weighted by Crippen LogP contribution is 2.26. The van der Waals surface area contributed by atoms with Crippen LogP contribution >= 0.6 is 22.7 Å². The number of hydrogen-bond acceptors (Lipinski definition) is 5.